The van der Waals surface area contributed by atoms with Gasteiger partial charge in [-0.15, -0.1) is 0 Å². The second-order valence-electron chi connectivity index (χ2n) is 8.21. The molecule has 1 aliphatic heterocycles. The molecular formula is C27H46O7. The zero-order chi connectivity index (χ0) is 26.2. The highest BCUT2D eigenvalue weighted by Gasteiger charge is 2.24. The van der Waals surface area contributed by atoms with Crippen molar-refractivity contribution in [2.75, 3.05) is 19.8 Å². The Balaban J connectivity index is 0. The number of esters is 3. The van der Waals surface area contributed by atoms with Gasteiger partial charge < -0.3 is 18.9 Å². The first kappa shape index (κ1) is 33.8. The Bertz CT molecular complexity index is 606. The summed E-state index contributed by atoms with van der Waals surface area (Å²) in [6.07, 6.45) is 14.2. The van der Waals surface area contributed by atoms with E-state index in [2.05, 4.69) is 31.4 Å². The average Bonchev–Trinajstić information content (AvgIpc) is 3.61. The molecule has 0 bridgehead atoms. The molecule has 0 spiro atoms. The van der Waals surface area contributed by atoms with E-state index < -0.39 is 0 Å². The maximum Gasteiger partial charge on any atom is 0.333 e. The van der Waals surface area contributed by atoms with Gasteiger partial charge in [0, 0.05) is 18.1 Å². The molecule has 1 fully saturated rings. The Morgan fingerprint density at radius 2 is 1.26 bits per heavy atom. The van der Waals surface area contributed by atoms with Crippen LogP contribution in [0.2, 0.25) is 0 Å². The highest BCUT2D eigenvalue weighted by Crippen LogP contribution is 2.11. The largest absolute Gasteiger partial charge is 0.462 e. The fourth-order valence-electron chi connectivity index (χ4n) is 2.45. The number of carbonyl (C=O) groups is 3. The SMILES string of the molecule is C=C(C)C(=O)OCC1CO1.C=C(C)C(=O)OCCCCCCCCCCCC.C=COC(C)=O. The molecule has 1 atom stereocenters. The van der Waals surface area contributed by atoms with E-state index in [1.807, 2.05) is 0 Å². The van der Waals surface area contributed by atoms with Crippen LogP contribution in [0.1, 0.15) is 91.9 Å². The molecule has 0 radical (unpaired) electrons. The van der Waals surface area contributed by atoms with Gasteiger partial charge in [-0.05, 0) is 20.3 Å². The van der Waals surface area contributed by atoms with Crippen LogP contribution in [0.4, 0.5) is 0 Å². The number of carbonyl (C=O) groups excluding carboxylic acids is 3. The zero-order valence-corrected chi connectivity index (χ0v) is 21.8. The van der Waals surface area contributed by atoms with Gasteiger partial charge in [0.25, 0.3) is 0 Å². The quantitative estimate of drug-likeness (QED) is 0.0643. The lowest BCUT2D eigenvalue weighted by Crippen LogP contribution is -2.09. The molecule has 0 aromatic rings. The molecule has 1 aliphatic rings. The van der Waals surface area contributed by atoms with Crippen molar-refractivity contribution in [2.24, 2.45) is 0 Å². The van der Waals surface area contributed by atoms with Crippen molar-refractivity contribution >= 4 is 17.9 Å². The van der Waals surface area contributed by atoms with E-state index >= 15 is 0 Å². The average molecular weight is 483 g/mol. The molecule has 7 nitrogen and oxygen atoms in total. The monoisotopic (exact) mass is 482 g/mol. The van der Waals surface area contributed by atoms with E-state index in [0.29, 0.717) is 31.0 Å². The Morgan fingerprint density at radius 1 is 0.824 bits per heavy atom. The molecule has 0 aromatic heterocycles. The number of unbranched alkanes of at least 4 members (excludes halogenated alkanes) is 9. The van der Waals surface area contributed by atoms with Crippen LogP contribution in [0, 0.1) is 0 Å². The lowest BCUT2D eigenvalue weighted by Gasteiger charge is -2.04. The molecule has 1 rings (SSSR count). The summed E-state index contributed by atoms with van der Waals surface area (Å²) < 4.78 is 18.8. The van der Waals surface area contributed by atoms with Gasteiger partial charge in [0.05, 0.1) is 19.5 Å². The summed E-state index contributed by atoms with van der Waals surface area (Å²) in [6, 6.07) is 0. The van der Waals surface area contributed by atoms with Crippen LogP contribution >= 0.6 is 0 Å². The highest BCUT2D eigenvalue weighted by atomic mass is 16.6. The van der Waals surface area contributed by atoms with Crippen molar-refractivity contribution < 1.29 is 33.3 Å². The first-order valence-corrected chi connectivity index (χ1v) is 12.2. The van der Waals surface area contributed by atoms with Crippen molar-refractivity contribution in [3.63, 3.8) is 0 Å². The summed E-state index contributed by atoms with van der Waals surface area (Å²) in [6.45, 7) is 18.6. The van der Waals surface area contributed by atoms with Crippen LogP contribution in [0.15, 0.2) is 37.1 Å². The van der Waals surface area contributed by atoms with Gasteiger partial charge in [0.2, 0.25) is 0 Å². The van der Waals surface area contributed by atoms with Crippen LogP contribution in [0.5, 0.6) is 0 Å². The molecule has 0 amide bonds. The van der Waals surface area contributed by atoms with Crippen molar-refractivity contribution in [1.29, 1.82) is 0 Å². The molecule has 1 saturated heterocycles. The van der Waals surface area contributed by atoms with Crippen LogP contribution in [-0.2, 0) is 33.3 Å². The van der Waals surface area contributed by atoms with Crippen LogP contribution in [-0.4, -0.2) is 43.8 Å². The highest BCUT2D eigenvalue weighted by molar-refractivity contribution is 5.87. The number of ether oxygens (including phenoxy) is 4. The van der Waals surface area contributed by atoms with Gasteiger partial charge in [-0.2, -0.15) is 0 Å². The number of epoxide rings is 1. The Kier molecular flexibility index (Phi) is 23.6. The summed E-state index contributed by atoms with van der Waals surface area (Å²) in [5.74, 6) is -0.925. The second kappa shape index (κ2) is 23.7. The lowest BCUT2D eigenvalue weighted by atomic mass is 10.1. The minimum atomic E-state index is -0.337. The molecule has 0 saturated carbocycles. The van der Waals surface area contributed by atoms with Gasteiger partial charge in [-0.3, -0.25) is 4.79 Å². The normalized spacial score (nSPS) is 13.1. The van der Waals surface area contributed by atoms with Gasteiger partial charge >= 0.3 is 17.9 Å². The predicted octanol–water partition coefficient (Wildman–Crippen LogP) is 6.22. The van der Waals surface area contributed by atoms with Gasteiger partial charge in [-0.1, -0.05) is 84.4 Å². The third-order valence-electron chi connectivity index (χ3n) is 4.48. The van der Waals surface area contributed by atoms with Crippen molar-refractivity contribution in [3.05, 3.63) is 37.1 Å². The van der Waals surface area contributed by atoms with E-state index in [-0.39, 0.29) is 24.0 Å². The maximum atomic E-state index is 11.1. The third-order valence-corrected chi connectivity index (χ3v) is 4.48. The molecule has 0 aliphatic carbocycles. The van der Waals surface area contributed by atoms with Crippen molar-refractivity contribution in [1.82, 2.24) is 0 Å². The predicted molar refractivity (Wildman–Crippen MR) is 135 cm³/mol. The van der Waals surface area contributed by atoms with Crippen LogP contribution < -0.4 is 0 Å². The van der Waals surface area contributed by atoms with E-state index in [0.717, 1.165) is 12.7 Å². The second-order valence-corrected chi connectivity index (χ2v) is 8.21. The molecule has 0 N–H and O–H groups in total. The van der Waals surface area contributed by atoms with E-state index in [9.17, 15) is 14.4 Å². The third kappa shape index (κ3) is 27.6. The summed E-state index contributed by atoms with van der Waals surface area (Å²) >= 11 is 0. The Labute approximate surface area is 206 Å². The van der Waals surface area contributed by atoms with E-state index in [1.165, 1.54) is 64.7 Å². The summed E-state index contributed by atoms with van der Waals surface area (Å²) in [7, 11) is 0. The molecule has 196 valence electrons. The van der Waals surface area contributed by atoms with E-state index in [4.69, 9.17) is 14.2 Å². The number of hydrogen-bond donors (Lipinski definition) is 0. The van der Waals surface area contributed by atoms with Crippen LogP contribution in [0.25, 0.3) is 0 Å². The molecule has 1 heterocycles. The minimum absolute atomic E-state index is 0.142. The fourth-order valence-corrected chi connectivity index (χ4v) is 2.45. The minimum Gasteiger partial charge on any atom is -0.462 e. The van der Waals surface area contributed by atoms with Crippen molar-refractivity contribution in [2.45, 2.75) is 98.0 Å². The first-order chi connectivity index (χ1) is 16.1. The molecular weight excluding hydrogens is 436 g/mol. The van der Waals surface area contributed by atoms with Gasteiger partial charge in [-0.25, -0.2) is 9.59 Å². The van der Waals surface area contributed by atoms with Gasteiger partial charge in [0.1, 0.15) is 12.7 Å². The van der Waals surface area contributed by atoms with E-state index in [1.54, 1.807) is 13.8 Å². The molecule has 34 heavy (non-hydrogen) atoms. The standard InChI is InChI=1S/C16H30O2.C7H10O3.C4H6O2/c1-4-5-6-7-8-9-10-11-12-13-14-18-16(17)15(2)3;1-5(2)7(8)10-4-6-3-9-6;1-3-6-4(2)5/h2,4-14H2,1,3H3;6H,1,3-4H2,2H3;3H,1H2,2H3. The Morgan fingerprint density at radius 3 is 1.62 bits per heavy atom. The smallest absolute Gasteiger partial charge is 0.333 e. The zero-order valence-electron chi connectivity index (χ0n) is 21.8. The molecule has 7 heteroatoms. The van der Waals surface area contributed by atoms with Crippen LogP contribution in [0.3, 0.4) is 0 Å². The first-order valence-electron chi connectivity index (χ1n) is 12.2. The summed E-state index contributed by atoms with van der Waals surface area (Å²) in [4.78, 5) is 31.5. The number of hydrogen-bond acceptors (Lipinski definition) is 7. The summed E-state index contributed by atoms with van der Waals surface area (Å²) in [5.41, 5.74) is 0.919. The lowest BCUT2D eigenvalue weighted by molar-refractivity contribution is -0.140. The Hall–Kier alpha value is -2.41. The molecule has 0 aromatic carbocycles. The molecule has 1 unspecified atom stereocenters. The maximum absolute atomic E-state index is 11.1. The van der Waals surface area contributed by atoms with Gasteiger partial charge in [0.15, 0.2) is 0 Å². The number of rotatable bonds is 16. The topological polar surface area (TPSA) is 91.4 Å². The fraction of sp³-hybridized carbons (Fsp3) is 0.667. The summed E-state index contributed by atoms with van der Waals surface area (Å²) in [5, 5.41) is 0. The van der Waals surface area contributed by atoms with Crippen molar-refractivity contribution in [3.8, 4) is 0 Å².